The normalized spacial score (nSPS) is 10.5. The number of nitrogens with one attached hydrogen (secondary N) is 3. The van der Waals surface area contributed by atoms with Gasteiger partial charge in [0.25, 0.3) is 5.91 Å². The maximum absolute atomic E-state index is 11.5. The fourth-order valence-corrected chi connectivity index (χ4v) is 1.29. The largest absolute Gasteiger partial charge is 0.382 e. The summed E-state index contributed by atoms with van der Waals surface area (Å²) in [5.41, 5.74) is 9.46. The molecule has 0 fully saturated rings. The maximum Gasteiger partial charge on any atom is 0.251 e. The molecule has 0 saturated carbocycles. The SMILES string of the molecule is CNC(=O)c1ccc(C)c(N/N=C(\C#N)C(=N)N)c1. The number of amidine groups is 1. The molecule has 0 aromatic heterocycles. The summed E-state index contributed by atoms with van der Waals surface area (Å²) < 4.78 is 0. The van der Waals surface area contributed by atoms with Gasteiger partial charge in [0.1, 0.15) is 6.07 Å². The lowest BCUT2D eigenvalue weighted by Crippen LogP contribution is -2.22. The number of amides is 1. The van der Waals surface area contributed by atoms with Gasteiger partial charge in [0.15, 0.2) is 5.84 Å². The number of nitrogens with two attached hydrogens (primary N) is 1. The third-order valence-corrected chi connectivity index (χ3v) is 2.38. The van der Waals surface area contributed by atoms with Gasteiger partial charge in [-0.2, -0.15) is 10.4 Å². The molecule has 19 heavy (non-hydrogen) atoms. The molecule has 0 atom stereocenters. The van der Waals surface area contributed by atoms with Crippen LogP contribution in [0.1, 0.15) is 15.9 Å². The van der Waals surface area contributed by atoms with Crippen molar-refractivity contribution >= 4 is 23.1 Å². The zero-order chi connectivity index (χ0) is 14.4. The van der Waals surface area contributed by atoms with Crippen LogP contribution in [0.15, 0.2) is 23.3 Å². The van der Waals surface area contributed by atoms with Crippen LogP contribution in [0.5, 0.6) is 0 Å². The second kappa shape index (κ2) is 6.16. The van der Waals surface area contributed by atoms with Crippen molar-refractivity contribution in [2.24, 2.45) is 10.8 Å². The number of carbonyl (C=O) groups excluding carboxylic acids is 1. The summed E-state index contributed by atoms with van der Waals surface area (Å²) in [6, 6.07) is 6.73. The zero-order valence-corrected chi connectivity index (χ0v) is 10.6. The first-order valence-corrected chi connectivity index (χ1v) is 5.40. The third kappa shape index (κ3) is 3.54. The van der Waals surface area contributed by atoms with Crippen molar-refractivity contribution in [2.75, 3.05) is 12.5 Å². The van der Waals surface area contributed by atoms with E-state index in [2.05, 4.69) is 15.8 Å². The van der Waals surface area contributed by atoms with Crippen molar-refractivity contribution in [1.29, 1.82) is 10.7 Å². The Morgan fingerprint density at radius 1 is 1.53 bits per heavy atom. The van der Waals surface area contributed by atoms with Gasteiger partial charge in [-0.3, -0.25) is 15.6 Å². The second-order valence-electron chi connectivity index (χ2n) is 3.71. The van der Waals surface area contributed by atoms with E-state index in [9.17, 15) is 4.79 Å². The van der Waals surface area contributed by atoms with Crippen molar-refractivity contribution < 1.29 is 4.79 Å². The highest BCUT2D eigenvalue weighted by atomic mass is 16.1. The monoisotopic (exact) mass is 258 g/mol. The summed E-state index contributed by atoms with van der Waals surface area (Å²) in [6.45, 7) is 1.82. The van der Waals surface area contributed by atoms with Crippen LogP contribution in [0.3, 0.4) is 0 Å². The van der Waals surface area contributed by atoms with Crippen molar-refractivity contribution in [3.63, 3.8) is 0 Å². The number of carbonyl (C=O) groups is 1. The lowest BCUT2D eigenvalue weighted by Gasteiger charge is -2.07. The predicted molar refractivity (Wildman–Crippen MR) is 73.2 cm³/mol. The summed E-state index contributed by atoms with van der Waals surface area (Å²) in [5.74, 6) is -0.644. The molecule has 0 saturated heterocycles. The van der Waals surface area contributed by atoms with Crippen molar-refractivity contribution in [1.82, 2.24) is 5.32 Å². The summed E-state index contributed by atoms with van der Waals surface area (Å²) in [6.07, 6.45) is 0. The Hall–Kier alpha value is -2.88. The molecule has 1 aromatic carbocycles. The van der Waals surface area contributed by atoms with E-state index in [1.165, 1.54) is 7.05 Å². The fraction of sp³-hybridized carbons (Fsp3) is 0.167. The van der Waals surface area contributed by atoms with E-state index in [0.717, 1.165) is 5.56 Å². The van der Waals surface area contributed by atoms with E-state index >= 15 is 0 Å². The molecule has 0 heterocycles. The molecule has 7 heteroatoms. The minimum absolute atomic E-state index is 0.218. The van der Waals surface area contributed by atoms with Crippen LogP contribution in [0.25, 0.3) is 0 Å². The van der Waals surface area contributed by atoms with Gasteiger partial charge in [-0.25, -0.2) is 0 Å². The van der Waals surface area contributed by atoms with Crippen LogP contribution in [-0.2, 0) is 0 Å². The topological polar surface area (TPSA) is 127 Å². The van der Waals surface area contributed by atoms with E-state index < -0.39 is 5.84 Å². The highest BCUT2D eigenvalue weighted by Gasteiger charge is 2.07. The molecule has 0 spiro atoms. The van der Waals surface area contributed by atoms with Crippen LogP contribution in [0.4, 0.5) is 5.69 Å². The van der Waals surface area contributed by atoms with E-state index in [1.54, 1.807) is 24.3 Å². The molecule has 1 aromatic rings. The van der Waals surface area contributed by atoms with E-state index in [0.29, 0.717) is 11.3 Å². The number of nitrogens with zero attached hydrogens (tertiary/aromatic N) is 2. The van der Waals surface area contributed by atoms with Gasteiger partial charge in [0, 0.05) is 12.6 Å². The van der Waals surface area contributed by atoms with Gasteiger partial charge in [-0.1, -0.05) is 6.07 Å². The van der Waals surface area contributed by atoms with Crippen LogP contribution >= 0.6 is 0 Å². The first-order valence-electron chi connectivity index (χ1n) is 5.40. The molecule has 0 bridgehead atoms. The van der Waals surface area contributed by atoms with Gasteiger partial charge in [0.05, 0.1) is 5.69 Å². The van der Waals surface area contributed by atoms with E-state index in [4.69, 9.17) is 16.4 Å². The second-order valence-corrected chi connectivity index (χ2v) is 3.71. The van der Waals surface area contributed by atoms with Gasteiger partial charge < -0.3 is 11.1 Å². The van der Waals surface area contributed by atoms with Crippen molar-refractivity contribution in [3.8, 4) is 6.07 Å². The number of hydrogen-bond acceptors (Lipinski definition) is 5. The molecule has 1 rings (SSSR count). The molecule has 0 unspecified atom stereocenters. The molecule has 0 aliphatic heterocycles. The Bertz CT molecular complexity index is 584. The highest BCUT2D eigenvalue weighted by molar-refractivity contribution is 6.45. The van der Waals surface area contributed by atoms with Gasteiger partial charge in [-0.05, 0) is 24.6 Å². The Morgan fingerprint density at radius 2 is 2.21 bits per heavy atom. The third-order valence-electron chi connectivity index (χ3n) is 2.38. The average molecular weight is 258 g/mol. The molecule has 0 radical (unpaired) electrons. The molecule has 5 N–H and O–H groups in total. The van der Waals surface area contributed by atoms with Gasteiger partial charge >= 0.3 is 0 Å². The van der Waals surface area contributed by atoms with Crippen LogP contribution < -0.4 is 16.5 Å². The van der Waals surface area contributed by atoms with E-state index in [1.807, 2.05) is 6.92 Å². The zero-order valence-electron chi connectivity index (χ0n) is 10.6. The first-order chi connectivity index (χ1) is 8.99. The number of benzene rings is 1. The Kier molecular flexibility index (Phi) is 4.60. The summed E-state index contributed by atoms with van der Waals surface area (Å²) in [5, 5.41) is 22.1. The summed E-state index contributed by atoms with van der Waals surface area (Å²) >= 11 is 0. The number of nitriles is 1. The van der Waals surface area contributed by atoms with Crippen molar-refractivity contribution in [3.05, 3.63) is 29.3 Å². The van der Waals surface area contributed by atoms with E-state index in [-0.39, 0.29) is 11.6 Å². The lowest BCUT2D eigenvalue weighted by molar-refractivity contribution is 0.0963. The minimum Gasteiger partial charge on any atom is -0.382 e. The number of rotatable bonds is 4. The number of aryl methyl sites for hydroxylation is 1. The fourth-order valence-electron chi connectivity index (χ4n) is 1.29. The lowest BCUT2D eigenvalue weighted by atomic mass is 10.1. The van der Waals surface area contributed by atoms with Gasteiger partial charge in [-0.15, -0.1) is 0 Å². The standard InChI is InChI=1S/C12H14N6O/c1-7-3-4-8(12(19)16-2)5-9(7)17-18-10(6-13)11(14)15/h3-5,17H,1-2H3,(H3,14,15)(H,16,19)/b18-10+. The quantitative estimate of drug-likeness (QED) is 0.358. The average Bonchev–Trinajstić information content (AvgIpc) is 2.40. The molecular weight excluding hydrogens is 244 g/mol. The van der Waals surface area contributed by atoms with Gasteiger partial charge in [0.2, 0.25) is 5.71 Å². The number of hydrazone groups is 1. The Balaban J connectivity index is 3.05. The van der Waals surface area contributed by atoms with Crippen molar-refractivity contribution in [2.45, 2.75) is 6.92 Å². The predicted octanol–water partition coefficient (Wildman–Crippen LogP) is 0.582. The highest BCUT2D eigenvalue weighted by Crippen LogP contribution is 2.16. The first kappa shape index (κ1) is 14.2. The summed E-state index contributed by atoms with van der Waals surface area (Å²) in [4.78, 5) is 11.5. The minimum atomic E-state index is -0.421. The molecule has 98 valence electrons. The number of anilines is 1. The number of hydrogen-bond donors (Lipinski definition) is 4. The maximum atomic E-state index is 11.5. The van der Waals surface area contributed by atoms with Crippen LogP contribution in [0, 0.1) is 23.7 Å². The molecule has 1 amide bonds. The smallest absolute Gasteiger partial charge is 0.251 e. The molecular formula is C12H14N6O. The van der Waals surface area contributed by atoms with Crippen LogP contribution in [-0.4, -0.2) is 24.5 Å². The summed E-state index contributed by atoms with van der Waals surface area (Å²) in [7, 11) is 1.54. The molecule has 7 nitrogen and oxygen atoms in total. The molecule has 0 aliphatic rings. The Labute approximate surface area is 110 Å². The Morgan fingerprint density at radius 3 is 2.74 bits per heavy atom. The van der Waals surface area contributed by atoms with Crippen LogP contribution in [0.2, 0.25) is 0 Å². The molecule has 0 aliphatic carbocycles.